The molecule has 0 unspecified atom stereocenters. The molecule has 0 bridgehead atoms. The lowest BCUT2D eigenvalue weighted by Gasteiger charge is -2.39. The Hall–Kier alpha value is -4.33. The summed E-state index contributed by atoms with van der Waals surface area (Å²) < 4.78 is 10.5. The van der Waals surface area contributed by atoms with Crippen molar-refractivity contribution in [3.8, 4) is 10.9 Å². The van der Waals surface area contributed by atoms with Gasteiger partial charge < -0.3 is 9.64 Å². The van der Waals surface area contributed by atoms with E-state index in [1.54, 1.807) is 6.07 Å². The lowest BCUT2D eigenvalue weighted by molar-refractivity contribution is 0.0597. The minimum Gasteiger partial charge on any atom is -0.430 e. The molecule has 7 heteroatoms. The smallest absolute Gasteiger partial charge is 0.298 e. The van der Waals surface area contributed by atoms with E-state index < -0.39 is 0 Å². The first-order chi connectivity index (χ1) is 20.1. The first-order valence-electron chi connectivity index (χ1n) is 13.9. The average molecular weight is 561 g/mol. The fourth-order valence-corrected chi connectivity index (χ4v) is 5.85. The van der Waals surface area contributed by atoms with Gasteiger partial charge in [-0.25, -0.2) is 0 Å². The predicted octanol–water partition coefficient (Wildman–Crippen LogP) is 6.78. The van der Waals surface area contributed by atoms with E-state index in [0.29, 0.717) is 36.0 Å². The van der Waals surface area contributed by atoms with Gasteiger partial charge in [-0.05, 0) is 41.8 Å². The van der Waals surface area contributed by atoms with Crippen molar-refractivity contribution < 1.29 is 9.53 Å². The highest BCUT2D eigenvalue weighted by molar-refractivity contribution is 7.07. The second kappa shape index (κ2) is 12.5. The van der Waals surface area contributed by atoms with Crippen molar-refractivity contribution in [1.82, 2.24) is 19.2 Å². The van der Waals surface area contributed by atoms with E-state index in [-0.39, 0.29) is 11.9 Å². The number of aromatic nitrogens is 2. The van der Waals surface area contributed by atoms with Crippen LogP contribution < -0.4 is 4.74 Å². The largest absolute Gasteiger partial charge is 0.430 e. The number of hydrogen-bond donors (Lipinski definition) is 0. The molecule has 0 N–H and O–H groups in total. The van der Waals surface area contributed by atoms with Crippen LogP contribution >= 0.6 is 11.5 Å². The number of rotatable bonds is 8. The highest BCUT2D eigenvalue weighted by Gasteiger charge is 2.28. The van der Waals surface area contributed by atoms with Crippen LogP contribution in [0.5, 0.6) is 10.9 Å². The van der Waals surface area contributed by atoms with Gasteiger partial charge in [0.1, 0.15) is 5.75 Å². The van der Waals surface area contributed by atoms with Crippen LogP contribution in [0.3, 0.4) is 0 Å². The maximum Gasteiger partial charge on any atom is 0.298 e. The Kier molecular flexibility index (Phi) is 8.16. The van der Waals surface area contributed by atoms with Crippen LogP contribution in [0.25, 0.3) is 0 Å². The van der Waals surface area contributed by atoms with E-state index in [1.165, 1.54) is 28.2 Å². The molecule has 0 aliphatic carbocycles. The zero-order valence-corrected chi connectivity index (χ0v) is 23.8. The van der Waals surface area contributed by atoms with E-state index in [9.17, 15) is 4.79 Å². The van der Waals surface area contributed by atoms with Crippen molar-refractivity contribution in [3.63, 3.8) is 0 Å². The number of carbonyl (C=O) groups excluding carboxylic acids is 1. The molecule has 0 saturated carbocycles. The number of ether oxygens (including phenoxy) is 1. The lowest BCUT2D eigenvalue weighted by atomic mass is 9.96. The highest BCUT2D eigenvalue weighted by atomic mass is 32.1. The van der Waals surface area contributed by atoms with Crippen molar-refractivity contribution in [1.29, 1.82) is 0 Å². The SMILES string of the molecule is Cc1ccc(Cc2nsc(Oc3cccc(C(=O)N4CCN(C(c5ccccc5)c5ccccc5)CC4)c3)n2)cc1. The number of amides is 1. The Morgan fingerprint density at radius 2 is 1.49 bits per heavy atom. The van der Waals surface area contributed by atoms with Gasteiger partial charge in [0.2, 0.25) is 0 Å². The molecule has 1 fully saturated rings. The Bertz CT molecular complexity index is 1540. The van der Waals surface area contributed by atoms with Crippen molar-refractivity contribution in [3.05, 3.63) is 143 Å². The van der Waals surface area contributed by atoms with E-state index >= 15 is 0 Å². The van der Waals surface area contributed by atoms with Crippen LogP contribution in [-0.4, -0.2) is 51.2 Å². The Labute approximate surface area is 245 Å². The van der Waals surface area contributed by atoms with E-state index in [0.717, 1.165) is 24.5 Å². The molecule has 6 rings (SSSR count). The maximum absolute atomic E-state index is 13.5. The molecule has 1 aromatic heterocycles. The molecule has 0 atom stereocenters. The third-order valence-electron chi connectivity index (χ3n) is 7.42. The number of carbonyl (C=O) groups is 1. The molecule has 41 heavy (non-hydrogen) atoms. The summed E-state index contributed by atoms with van der Waals surface area (Å²) in [4.78, 5) is 22.4. The topological polar surface area (TPSA) is 58.6 Å². The molecule has 5 aromatic rings. The lowest BCUT2D eigenvalue weighted by Crippen LogP contribution is -2.49. The fourth-order valence-electron chi connectivity index (χ4n) is 5.28. The summed E-state index contributed by atoms with van der Waals surface area (Å²) in [5, 5.41) is 0.471. The molecule has 1 saturated heterocycles. The summed E-state index contributed by atoms with van der Waals surface area (Å²) in [6.07, 6.45) is 0.653. The third-order valence-corrected chi connectivity index (χ3v) is 8.05. The second-order valence-corrected chi connectivity index (χ2v) is 11.0. The summed E-state index contributed by atoms with van der Waals surface area (Å²) in [5.41, 5.74) is 5.53. The van der Waals surface area contributed by atoms with Gasteiger partial charge >= 0.3 is 0 Å². The van der Waals surface area contributed by atoms with Gasteiger partial charge in [-0.1, -0.05) is 96.6 Å². The standard InChI is InChI=1S/C34H32N4O2S/c1-25-15-17-26(18-16-25)23-31-35-34(41-36-31)40-30-14-8-13-29(24-30)33(39)38-21-19-37(20-22-38)32(27-9-4-2-5-10-27)28-11-6-3-7-12-28/h2-18,24,32H,19-23H2,1H3. The quantitative estimate of drug-likeness (QED) is 0.209. The predicted molar refractivity (Wildman–Crippen MR) is 163 cm³/mol. The summed E-state index contributed by atoms with van der Waals surface area (Å²) in [6, 6.07) is 37.1. The maximum atomic E-state index is 13.5. The Morgan fingerprint density at radius 1 is 0.829 bits per heavy atom. The van der Waals surface area contributed by atoms with Gasteiger partial charge in [-0.3, -0.25) is 9.69 Å². The van der Waals surface area contributed by atoms with Crippen LogP contribution in [0.1, 0.15) is 44.5 Å². The fraction of sp³-hybridized carbons (Fsp3) is 0.206. The van der Waals surface area contributed by atoms with E-state index in [4.69, 9.17) is 4.74 Å². The molecule has 1 aliphatic rings. The van der Waals surface area contributed by atoms with Gasteiger partial charge in [0.25, 0.3) is 11.1 Å². The van der Waals surface area contributed by atoms with Crippen LogP contribution in [0.15, 0.2) is 109 Å². The Morgan fingerprint density at radius 3 is 2.15 bits per heavy atom. The van der Waals surface area contributed by atoms with Crippen molar-refractivity contribution >= 4 is 17.4 Å². The van der Waals surface area contributed by atoms with Crippen molar-refractivity contribution in [2.45, 2.75) is 19.4 Å². The van der Waals surface area contributed by atoms with Gasteiger partial charge in [0, 0.05) is 49.7 Å². The highest BCUT2D eigenvalue weighted by Crippen LogP contribution is 2.30. The number of aryl methyl sites for hydroxylation is 1. The number of hydrogen-bond acceptors (Lipinski definition) is 6. The van der Waals surface area contributed by atoms with Gasteiger partial charge in [-0.15, -0.1) is 0 Å². The van der Waals surface area contributed by atoms with Crippen molar-refractivity contribution in [2.24, 2.45) is 0 Å². The molecule has 2 heterocycles. The van der Waals surface area contributed by atoms with Crippen molar-refractivity contribution in [2.75, 3.05) is 26.2 Å². The molecular formula is C34H32N4O2S. The third kappa shape index (κ3) is 6.53. The first-order valence-corrected chi connectivity index (χ1v) is 14.7. The minimum absolute atomic E-state index is 0.0170. The molecular weight excluding hydrogens is 528 g/mol. The van der Waals surface area contributed by atoms with Crippen LogP contribution in [-0.2, 0) is 6.42 Å². The summed E-state index contributed by atoms with van der Waals surface area (Å²) in [6.45, 7) is 5.00. The number of nitrogens with zero attached hydrogens (tertiary/aromatic N) is 4. The summed E-state index contributed by atoms with van der Waals surface area (Å²) in [7, 11) is 0. The summed E-state index contributed by atoms with van der Waals surface area (Å²) >= 11 is 1.22. The zero-order chi connectivity index (χ0) is 28.0. The van der Waals surface area contributed by atoms with E-state index in [2.05, 4.69) is 106 Å². The van der Waals surface area contributed by atoms with Gasteiger partial charge in [0.15, 0.2) is 5.82 Å². The van der Waals surface area contributed by atoms with Crippen LogP contribution in [0, 0.1) is 6.92 Å². The van der Waals surface area contributed by atoms with Gasteiger partial charge in [0.05, 0.1) is 6.04 Å². The molecule has 1 amide bonds. The molecule has 4 aromatic carbocycles. The Balaban J connectivity index is 1.09. The summed E-state index contributed by atoms with van der Waals surface area (Å²) in [5.74, 6) is 1.33. The average Bonchev–Trinajstić information content (AvgIpc) is 3.46. The van der Waals surface area contributed by atoms with E-state index in [1.807, 2.05) is 23.1 Å². The second-order valence-electron chi connectivity index (χ2n) is 10.3. The molecule has 0 radical (unpaired) electrons. The molecule has 0 spiro atoms. The molecule has 1 aliphatic heterocycles. The number of piperazine rings is 1. The van der Waals surface area contributed by atoms with Gasteiger partial charge in [-0.2, -0.15) is 9.36 Å². The molecule has 6 nitrogen and oxygen atoms in total. The minimum atomic E-state index is 0.0170. The van der Waals surface area contributed by atoms with Crippen LogP contribution in [0.4, 0.5) is 0 Å². The first kappa shape index (κ1) is 26.9. The van der Waals surface area contributed by atoms with Crippen LogP contribution in [0.2, 0.25) is 0 Å². The molecule has 206 valence electrons. The monoisotopic (exact) mass is 560 g/mol. The number of benzene rings is 4. The zero-order valence-electron chi connectivity index (χ0n) is 23.0. The normalized spacial score (nSPS) is 13.9.